The molecule has 3 aromatic rings. The molecule has 0 bridgehead atoms. The minimum absolute atomic E-state index is 0.0138. The SMILES string of the molecule is Cc1cccc(OCC(=O)N2CCCC(c3nnc(C(=O)Nc4cccc(F)c4)s3)C2)c1. The van der Waals surface area contributed by atoms with Crippen LogP contribution in [0.3, 0.4) is 0 Å². The van der Waals surface area contributed by atoms with Gasteiger partial charge < -0.3 is 15.0 Å². The molecule has 1 aliphatic rings. The maximum atomic E-state index is 13.3. The first kappa shape index (κ1) is 21.9. The van der Waals surface area contributed by atoms with Crippen LogP contribution in [-0.2, 0) is 4.79 Å². The number of ether oxygens (including phenoxy) is 1. The van der Waals surface area contributed by atoms with Gasteiger partial charge in [-0.2, -0.15) is 0 Å². The predicted molar refractivity (Wildman–Crippen MR) is 119 cm³/mol. The van der Waals surface area contributed by atoms with Gasteiger partial charge in [-0.15, -0.1) is 10.2 Å². The van der Waals surface area contributed by atoms with Crippen molar-refractivity contribution in [2.45, 2.75) is 25.7 Å². The minimum atomic E-state index is -0.436. The number of amides is 2. The lowest BCUT2D eigenvalue weighted by Gasteiger charge is -2.31. The zero-order valence-electron chi connectivity index (χ0n) is 17.6. The van der Waals surface area contributed by atoms with Crippen molar-refractivity contribution in [3.8, 4) is 5.75 Å². The second-order valence-electron chi connectivity index (χ2n) is 7.69. The molecule has 1 aliphatic heterocycles. The molecular formula is C23H23FN4O3S. The summed E-state index contributed by atoms with van der Waals surface area (Å²) in [7, 11) is 0. The molecule has 0 radical (unpaired) electrons. The van der Waals surface area contributed by atoms with Gasteiger partial charge in [-0.05, 0) is 55.7 Å². The summed E-state index contributed by atoms with van der Waals surface area (Å²) in [6, 6.07) is 13.3. The van der Waals surface area contributed by atoms with Gasteiger partial charge in [0.25, 0.3) is 11.8 Å². The molecule has 9 heteroatoms. The summed E-state index contributed by atoms with van der Waals surface area (Å²) in [5, 5.41) is 11.7. The van der Waals surface area contributed by atoms with E-state index in [1.807, 2.05) is 31.2 Å². The zero-order chi connectivity index (χ0) is 22.5. The average molecular weight is 455 g/mol. The molecule has 1 aromatic heterocycles. The molecule has 7 nitrogen and oxygen atoms in total. The van der Waals surface area contributed by atoms with Crippen molar-refractivity contribution in [1.29, 1.82) is 0 Å². The van der Waals surface area contributed by atoms with Crippen molar-refractivity contribution < 1.29 is 18.7 Å². The zero-order valence-corrected chi connectivity index (χ0v) is 18.4. The number of carbonyl (C=O) groups excluding carboxylic acids is 2. The van der Waals surface area contributed by atoms with E-state index in [1.165, 1.54) is 29.5 Å². The molecule has 0 spiro atoms. The summed E-state index contributed by atoms with van der Waals surface area (Å²) >= 11 is 1.20. The third kappa shape index (κ3) is 5.47. The van der Waals surface area contributed by atoms with E-state index < -0.39 is 11.7 Å². The standard InChI is InChI=1S/C23H23FN4O3S/c1-15-5-2-9-19(11-15)31-14-20(29)28-10-4-6-16(13-28)22-26-27-23(32-22)21(30)25-18-8-3-7-17(24)12-18/h2-3,5,7-9,11-12,16H,4,6,10,13-14H2,1H3,(H,25,30). The Labute approximate surface area is 189 Å². The molecule has 0 saturated carbocycles. The number of aryl methyl sites for hydroxylation is 1. The fourth-order valence-corrected chi connectivity index (χ4v) is 4.45. The number of nitrogens with zero attached hydrogens (tertiary/aromatic N) is 3. The van der Waals surface area contributed by atoms with E-state index >= 15 is 0 Å². The number of halogens is 1. The van der Waals surface area contributed by atoms with Crippen LogP contribution < -0.4 is 10.1 Å². The summed E-state index contributed by atoms with van der Waals surface area (Å²) < 4.78 is 19.0. The Morgan fingerprint density at radius 2 is 2.06 bits per heavy atom. The van der Waals surface area contributed by atoms with E-state index in [9.17, 15) is 14.0 Å². The van der Waals surface area contributed by atoms with Gasteiger partial charge in [0.2, 0.25) is 5.01 Å². The molecule has 2 heterocycles. The topological polar surface area (TPSA) is 84.4 Å². The number of hydrogen-bond acceptors (Lipinski definition) is 6. The molecule has 2 amide bonds. The molecule has 1 saturated heterocycles. The third-order valence-electron chi connectivity index (χ3n) is 5.19. The number of hydrogen-bond donors (Lipinski definition) is 1. The monoisotopic (exact) mass is 454 g/mol. The van der Waals surface area contributed by atoms with Gasteiger partial charge in [0, 0.05) is 24.7 Å². The normalized spacial score (nSPS) is 15.9. The molecule has 1 atom stereocenters. The number of likely N-dealkylation sites (tertiary alicyclic amines) is 1. The van der Waals surface area contributed by atoms with Gasteiger partial charge in [-0.25, -0.2) is 4.39 Å². The predicted octanol–water partition coefficient (Wildman–Crippen LogP) is 4.02. The lowest BCUT2D eigenvalue weighted by Crippen LogP contribution is -2.41. The molecule has 4 rings (SSSR count). The molecule has 166 valence electrons. The fourth-order valence-electron chi connectivity index (χ4n) is 3.59. The van der Waals surface area contributed by atoms with Gasteiger partial charge >= 0.3 is 0 Å². The highest BCUT2D eigenvalue weighted by Gasteiger charge is 2.28. The van der Waals surface area contributed by atoms with Gasteiger partial charge in [-0.1, -0.05) is 29.5 Å². The van der Waals surface area contributed by atoms with E-state index in [0.717, 1.165) is 18.4 Å². The summed E-state index contributed by atoms with van der Waals surface area (Å²) in [6.45, 7) is 3.13. The highest BCUT2D eigenvalue weighted by atomic mass is 32.1. The summed E-state index contributed by atoms with van der Waals surface area (Å²) in [4.78, 5) is 26.9. The van der Waals surface area contributed by atoms with Gasteiger partial charge in [0.05, 0.1) is 0 Å². The summed E-state index contributed by atoms with van der Waals surface area (Å²) in [6.07, 6.45) is 1.70. The van der Waals surface area contributed by atoms with E-state index in [-0.39, 0.29) is 23.4 Å². The first-order valence-electron chi connectivity index (χ1n) is 10.4. The second kappa shape index (κ2) is 9.86. The number of nitrogens with one attached hydrogen (secondary N) is 1. The highest BCUT2D eigenvalue weighted by Crippen LogP contribution is 2.29. The second-order valence-corrected chi connectivity index (χ2v) is 8.70. The minimum Gasteiger partial charge on any atom is -0.484 e. The van der Waals surface area contributed by atoms with Crippen LogP contribution in [-0.4, -0.2) is 46.6 Å². The molecule has 2 aromatic carbocycles. The van der Waals surface area contributed by atoms with Crippen LogP contribution in [0.4, 0.5) is 10.1 Å². The van der Waals surface area contributed by atoms with Gasteiger partial charge in [0.1, 0.15) is 16.6 Å². The van der Waals surface area contributed by atoms with Crippen LogP contribution in [0.5, 0.6) is 5.75 Å². The first-order chi connectivity index (χ1) is 15.5. The Morgan fingerprint density at radius 3 is 2.88 bits per heavy atom. The first-order valence-corrected chi connectivity index (χ1v) is 11.2. The number of anilines is 1. The average Bonchev–Trinajstić information content (AvgIpc) is 3.28. The number of aromatic nitrogens is 2. The van der Waals surface area contributed by atoms with E-state index in [2.05, 4.69) is 15.5 Å². The number of benzene rings is 2. The lowest BCUT2D eigenvalue weighted by molar-refractivity contribution is -0.134. The Bertz CT molecular complexity index is 1120. The Balaban J connectivity index is 1.34. The van der Waals surface area contributed by atoms with Crippen molar-refractivity contribution in [3.05, 3.63) is 69.9 Å². The van der Waals surface area contributed by atoms with Crippen molar-refractivity contribution in [3.63, 3.8) is 0 Å². The largest absolute Gasteiger partial charge is 0.484 e. The van der Waals surface area contributed by atoms with Crippen LogP contribution >= 0.6 is 11.3 Å². The van der Waals surface area contributed by atoms with Crippen LogP contribution in [0.2, 0.25) is 0 Å². The Hall–Kier alpha value is -3.33. The Morgan fingerprint density at radius 1 is 1.22 bits per heavy atom. The fraction of sp³-hybridized carbons (Fsp3) is 0.304. The smallest absolute Gasteiger partial charge is 0.286 e. The van der Waals surface area contributed by atoms with E-state index in [1.54, 1.807) is 11.0 Å². The molecule has 0 aliphatic carbocycles. The Kier molecular flexibility index (Phi) is 6.75. The van der Waals surface area contributed by atoms with Crippen molar-refractivity contribution in [1.82, 2.24) is 15.1 Å². The summed E-state index contributed by atoms with van der Waals surface area (Å²) in [5.74, 6) is -0.261. The lowest BCUT2D eigenvalue weighted by atomic mass is 9.99. The van der Waals surface area contributed by atoms with Crippen molar-refractivity contribution >= 4 is 28.8 Å². The molecule has 32 heavy (non-hydrogen) atoms. The molecule has 1 N–H and O–H groups in total. The highest BCUT2D eigenvalue weighted by molar-refractivity contribution is 7.13. The summed E-state index contributed by atoms with van der Waals surface area (Å²) in [5.41, 5.74) is 1.43. The van der Waals surface area contributed by atoms with Crippen molar-refractivity contribution in [2.24, 2.45) is 0 Å². The quantitative estimate of drug-likeness (QED) is 0.608. The molecule has 1 unspecified atom stereocenters. The maximum absolute atomic E-state index is 13.3. The van der Waals surface area contributed by atoms with Crippen LogP contribution in [0, 0.1) is 12.7 Å². The van der Waals surface area contributed by atoms with E-state index in [0.29, 0.717) is 29.5 Å². The van der Waals surface area contributed by atoms with E-state index in [4.69, 9.17) is 4.74 Å². The number of piperidine rings is 1. The molecule has 1 fully saturated rings. The van der Waals surface area contributed by atoms with Crippen LogP contribution in [0.1, 0.15) is 39.1 Å². The number of rotatable bonds is 6. The maximum Gasteiger partial charge on any atom is 0.286 e. The van der Waals surface area contributed by atoms with Gasteiger partial charge in [-0.3, -0.25) is 9.59 Å². The van der Waals surface area contributed by atoms with Crippen LogP contribution in [0.15, 0.2) is 48.5 Å². The third-order valence-corrected chi connectivity index (χ3v) is 6.28. The molecular weight excluding hydrogens is 431 g/mol. The number of carbonyl (C=O) groups is 2. The van der Waals surface area contributed by atoms with Gasteiger partial charge in [0.15, 0.2) is 6.61 Å². The van der Waals surface area contributed by atoms with Crippen LogP contribution in [0.25, 0.3) is 0 Å². The van der Waals surface area contributed by atoms with Crippen molar-refractivity contribution in [2.75, 3.05) is 25.0 Å².